The number of anilines is 2. The number of carbonyl (C=O) groups is 1. The predicted molar refractivity (Wildman–Crippen MR) is 107 cm³/mol. The minimum absolute atomic E-state index is 0.0496. The van der Waals surface area contributed by atoms with Crippen LogP contribution in [0.25, 0.3) is 0 Å². The molecule has 3 rings (SSSR count). The number of rotatable bonds is 10. The molecule has 0 saturated carbocycles. The lowest BCUT2D eigenvalue weighted by molar-refractivity contribution is -0.149. The SMILES string of the molecule is CCc1nc(N)nc(N)c1OCC1(COc2ccccc2CCC(=O)O)COC1. The molecular weight excluding hydrogens is 376 g/mol. The number of benzene rings is 1. The van der Waals surface area contributed by atoms with Gasteiger partial charge in [-0.1, -0.05) is 25.1 Å². The molecule has 1 aromatic carbocycles. The van der Waals surface area contributed by atoms with E-state index in [-0.39, 0.29) is 23.6 Å². The number of carboxylic acid groups (broad SMARTS) is 1. The van der Waals surface area contributed by atoms with E-state index < -0.39 is 5.97 Å². The van der Waals surface area contributed by atoms with Crippen molar-refractivity contribution in [2.75, 3.05) is 37.9 Å². The molecule has 0 radical (unpaired) electrons. The second-order valence-corrected chi connectivity index (χ2v) is 7.17. The number of nitrogens with zero attached hydrogens (tertiary/aromatic N) is 2. The number of nitrogens with two attached hydrogens (primary N) is 2. The molecule has 1 aromatic heterocycles. The number of ether oxygens (including phenoxy) is 3. The van der Waals surface area contributed by atoms with Crippen LogP contribution in [0.5, 0.6) is 11.5 Å². The summed E-state index contributed by atoms with van der Waals surface area (Å²) in [7, 11) is 0. The van der Waals surface area contributed by atoms with E-state index in [4.69, 9.17) is 30.8 Å². The van der Waals surface area contributed by atoms with Gasteiger partial charge in [0.05, 0.1) is 24.3 Å². The van der Waals surface area contributed by atoms with Crippen LogP contribution < -0.4 is 20.9 Å². The number of hydrogen-bond acceptors (Lipinski definition) is 8. The third-order valence-electron chi connectivity index (χ3n) is 4.77. The van der Waals surface area contributed by atoms with Crippen molar-refractivity contribution in [3.05, 3.63) is 35.5 Å². The van der Waals surface area contributed by atoms with Crippen molar-refractivity contribution in [1.82, 2.24) is 9.97 Å². The van der Waals surface area contributed by atoms with E-state index in [0.717, 1.165) is 5.56 Å². The third-order valence-corrected chi connectivity index (χ3v) is 4.77. The maximum atomic E-state index is 10.9. The Hall–Kier alpha value is -3.07. The molecule has 0 spiro atoms. The van der Waals surface area contributed by atoms with Crippen molar-refractivity contribution in [3.63, 3.8) is 0 Å². The summed E-state index contributed by atoms with van der Waals surface area (Å²) in [4.78, 5) is 19.0. The highest BCUT2D eigenvalue weighted by molar-refractivity contribution is 5.67. The molecule has 9 heteroatoms. The van der Waals surface area contributed by atoms with Gasteiger partial charge in [0, 0.05) is 6.42 Å². The molecule has 0 atom stereocenters. The molecule has 0 aliphatic carbocycles. The van der Waals surface area contributed by atoms with Crippen LogP contribution in [0.4, 0.5) is 11.8 Å². The largest absolute Gasteiger partial charge is 0.492 e. The van der Waals surface area contributed by atoms with E-state index in [9.17, 15) is 4.79 Å². The number of para-hydroxylation sites is 1. The predicted octanol–water partition coefficient (Wildman–Crippen LogP) is 1.69. The number of aromatic nitrogens is 2. The minimum atomic E-state index is -0.841. The third kappa shape index (κ3) is 5.05. The van der Waals surface area contributed by atoms with Crippen LogP contribution in [0, 0.1) is 5.41 Å². The highest BCUT2D eigenvalue weighted by Crippen LogP contribution is 2.33. The van der Waals surface area contributed by atoms with Gasteiger partial charge in [-0.15, -0.1) is 0 Å². The first-order valence-corrected chi connectivity index (χ1v) is 9.47. The zero-order valence-electron chi connectivity index (χ0n) is 16.4. The van der Waals surface area contributed by atoms with E-state index >= 15 is 0 Å². The van der Waals surface area contributed by atoms with Crippen LogP contribution in [0.3, 0.4) is 0 Å². The lowest BCUT2D eigenvalue weighted by atomic mass is 9.88. The topological polar surface area (TPSA) is 143 Å². The Morgan fingerprint density at radius 3 is 2.59 bits per heavy atom. The monoisotopic (exact) mass is 402 g/mol. The van der Waals surface area contributed by atoms with Crippen molar-refractivity contribution < 1.29 is 24.1 Å². The first kappa shape index (κ1) is 20.7. The number of aryl methyl sites for hydroxylation is 2. The maximum Gasteiger partial charge on any atom is 0.303 e. The fourth-order valence-corrected chi connectivity index (χ4v) is 3.08. The Labute approximate surface area is 169 Å². The Balaban J connectivity index is 1.66. The van der Waals surface area contributed by atoms with E-state index in [1.54, 1.807) is 0 Å². The van der Waals surface area contributed by atoms with Gasteiger partial charge in [-0.3, -0.25) is 4.79 Å². The minimum Gasteiger partial charge on any atom is -0.492 e. The van der Waals surface area contributed by atoms with Crippen LogP contribution in [0.15, 0.2) is 24.3 Å². The molecular formula is C20H26N4O5. The maximum absolute atomic E-state index is 10.9. The summed E-state index contributed by atoms with van der Waals surface area (Å²) in [6.07, 6.45) is 1.07. The van der Waals surface area contributed by atoms with Crippen LogP contribution in [0.2, 0.25) is 0 Å². The van der Waals surface area contributed by atoms with Crippen molar-refractivity contribution in [1.29, 1.82) is 0 Å². The normalized spacial score (nSPS) is 14.8. The summed E-state index contributed by atoms with van der Waals surface area (Å²) in [5.74, 6) is 0.603. The van der Waals surface area contributed by atoms with Gasteiger partial charge in [-0.05, 0) is 24.5 Å². The van der Waals surface area contributed by atoms with Gasteiger partial charge in [0.2, 0.25) is 5.95 Å². The van der Waals surface area contributed by atoms with Gasteiger partial charge in [0.15, 0.2) is 11.6 Å². The zero-order chi connectivity index (χ0) is 20.9. The average Bonchev–Trinajstić information content (AvgIpc) is 2.66. The summed E-state index contributed by atoms with van der Waals surface area (Å²) >= 11 is 0. The van der Waals surface area contributed by atoms with Gasteiger partial charge < -0.3 is 30.8 Å². The highest BCUT2D eigenvalue weighted by atomic mass is 16.5. The molecule has 2 heterocycles. The summed E-state index contributed by atoms with van der Waals surface area (Å²) in [5.41, 5.74) is 12.8. The fraction of sp³-hybridized carbons (Fsp3) is 0.450. The second-order valence-electron chi connectivity index (χ2n) is 7.17. The molecule has 0 bridgehead atoms. The molecule has 1 fully saturated rings. The summed E-state index contributed by atoms with van der Waals surface area (Å²) in [6, 6.07) is 7.44. The average molecular weight is 402 g/mol. The van der Waals surface area contributed by atoms with Crippen LogP contribution in [-0.2, 0) is 22.4 Å². The number of carboxylic acids is 1. The quantitative estimate of drug-likeness (QED) is 0.541. The Kier molecular flexibility index (Phi) is 6.38. The molecule has 0 amide bonds. The zero-order valence-corrected chi connectivity index (χ0v) is 16.4. The van der Waals surface area contributed by atoms with Gasteiger partial charge in [-0.25, -0.2) is 4.98 Å². The highest BCUT2D eigenvalue weighted by Gasteiger charge is 2.41. The molecule has 1 saturated heterocycles. The van der Waals surface area contributed by atoms with Crippen LogP contribution >= 0.6 is 0 Å². The Morgan fingerprint density at radius 2 is 1.93 bits per heavy atom. The lowest BCUT2D eigenvalue weighted by Gasteiger charge is -2.40. The summed E-state index contributed by atoms with van der Waals surface area (Å²) in [5, 5.41) is 8.93. The van der Waals surface area contributed by atoms with E-state index in [0.29, 0.717) is 56.5 Å². The van der Waals surface area contributed by atoms with Crippen molar-refractivity contribution >= 4 is 17.7 Å². The van der Waals surface area contributed by atoms with Gasteiger partial charge in [-0.2, -0.15) is 4.98 Å². The smallest absolute Gasteiger partial charge is 0.303 e. The number of hydrogen-bond donors (Lipinski definition) is 3. The molecule has 9 nitrogen and oxygen atoms in total. The standard InChI is InChI=1S/C20H26N4O5/c1-2-14-17(18(21)24-19(22)23-14)29-12-20(9-27-10-20)11-28-15-6-4-3-5-13(15)7-8-16(25)26/h3-6H,2,7-12H2,1H3,(H,25,26)(H4,21,22,23,24). The molecule has 1 aliphatic heterocycles. The number of nitrogen functional groups attached to an aromatic ring is 2. The first-order chi connectivity index (χ1) is 13.9. The van der Waals surface area contributed by atoms with Crippen LogP contribution in [-0.4, -0.2) is 47.5 Å². The number of aliphatic carboxylic acids is 1. The van der Waals surface area contributed by atoms with Gasteiger partial charge >= 0.3 is 5.97 Å². The second kappa shape index (κ2) is 8.95. The summed E-state index contributed by atoms with van der Waals surface area (Å²) in [6.45, 7) is 3.61. The van der Waals surface area contributed by atoms with Crippen LogP contribution in [0.1, 0.15) is 24.6 Å². The fourth-order valence-electron chi connectivity index (χ4n) is 3.08. The summed E-state index contributed by atoms with van der Waals surface area (Å²) < 4.78 is 17.4. The van der Waals surface area contributed by atoms with Crippen molar-refractivity contribution in [3.8, 4) is 11.5 Å². The van der Waals surface area contributed by atoms with Crippen molar-refractivity contribution in [2.24, 2.45) is 5.41 Å². The van der Waals surface area contributed by atoms with Gasteiger partial charge in [0.25, 0.3) is 0 Å². The molecule has 2 aromatic rings. The molecule has 0 unspecified atom stereocenters. The van der Waals surface area contributed by atoms with Crippen molar-refractivity contribution in [2.45, 2.75) is 26.2 Å². The molecule has 156 valence electrons. The lowest BCUT2D eigenvalue weighted by Crippen LogP contribution is -2.51. The van der Waals surface area contributed by atoms with E-state index in [1.165, 1.54) is 0 Å². The van der Waals surface area contributed by atoms with Gasteiger partial charge in [0.1, 0.15) is 19.0 Å². The Bertz CT molecular complexity index is 870. The molecule has 29 heavy (non-hydrogen) atoms. The molecule has 1 aliphatic rings. The van der Waals surface area contributed by atoms with E-state index in [2.05, 4.69) is 9.97 Å². The first-order valence-electron chi connectivity index (χ1n) is 9.47. The van der Waals surface area contributed by atoms with E-state index in [1.807, 2.05) is 31.2 Å². The molecule has 5 N–H and O–H groups in total. The Morgan fingerprint density at radius 1 is 1.21 bits per heavy atom.